The van der Waals surface area contributed by atoms with E-state index in [9.17, 15) is 9.59 Å². The number of carbonyl (C=O) groups excluding carboxylic acids is 2. The highest BCUT2D eigenvalue weighted by Crippen LogP contribution is 2.21. The lowest BCUT2D eigenvalue weighted by Crippen LogP contribution is -2.05. The molecule has 3 aromatic rings. The topological polar surface area (TPSA) is 105 Å². The summed E-state index contributed by atoms with van der Waals surface area (Å²) in [4.78, 5) is 31.2. The molecule has 1 amide bonds. The molecule has 1 aromatic heterocycles. The van der Waals surface area contributed by atoms with Crippen molar-refractivity contribution in [3.8, 4) is 0 Å². The van der Waals surface area contributed by atoms with E-state index >= 15 is 0 Å². The van der Waals surface area contributed by atoms with Gasteiger partial charge in [-0.2, -0.15) is 0 Å². The summed E-state index contributed by atoms with van der Waals surface area (Å²) in [6, 6.07) is 16.0. The molecule has 0 saturated heterocycles. The first-order valence-corrected chi connectivity index (χ1v) is 9.04. The first-order chi connectivity index (χ1) is 14.0. The Labute approximate surface area is 168 Å². The Morgan fingerprint density at radius 1 is 0.862 bits per heavy atom. The van der Waals surface area contributed by atoms with E-state index < -0.39 is 0 Å². The number of ether oxygens (including phenoxy) is 1. The SMILES string of the molecule is CCOC(=O)c1ccc(Nc2cc(Nc3ccc(NC(C)=O)cc3)ncn2)cc1. The second-order valence-corrected chi connectivity index (χ2v) is 6.09. The molecule has 0 radical (unpaired) electrons. The molecule has 0 fully saturated rings. The molecule has 0 aliphatic carbocycles. The van der Waals surface area contributed by atoms with Crippen molar-refractivity contribution >= 4 is 40.6 Å². The van der Waals surface area contributed by atoms with Crippen molar-refractivity contribution in [3.63, 3.8) is 0 Å². The van der Waals surface area contributed by atoms with Gasteiger partial charge in [-0.05, 0) is 55.5 Å². The molecule has 0 aliphatic rings. The largest absolute Gasteiger partial charge is 0.462 e. The number of hydrogen-bond donors (Lipinski definition) is 3. The van der Waals surface area contributed by atoms with Crippen molar-refractivity contribution in [1.82, 2.24) is 9.97 Å². The van der Waals surface area contributed by atoms with E-state index in [4.69, 9.17) is 4.74 Å². The summed E-state index contributed by atoms with van der Waals surface area (Å²) >= 11 is 0. The number of rotatable bonds is 7. The fraction of sp³-hybridized carbons (Fsp3) is 0.143. The highest BCUT2D eigenvalue weighted by molar-refractivity contribution is 5.90. The van der Waals surface area contributed by atoms with Crippen LogP contribution in [0.1, 0.15) is 24.2 Å². The average molecular weight is 391 g/mol. The molecular formula is C21H21N5O3. The Morgan fingerprint density at radius 3 is 1.90 bits per heavy atom. The molecule has 0 saturated carbocycles. The van der Waals surface area contributed by atoms with Gasteiger partial charge in [-0.1, -0.05) is 0 Å². The molecule has 3 rings (SSSR count). The Bertz CT molecular complexity index is 988. The Morgan fingerprint density at radius 2 is 1.38 bits per heavy atom. The monoisotopic (exact) mass is 391 g/mol. The maximum atomic E-state index is 11.7. The predicted molar refractivity (Wildman–Crippen MR) is 112 cm³/mol. The minimum atomic E-state index is -0.350. The van der Waals surface area contributed by atoms with Crippen molar-refractivity contribution in [1.29, 1.82) is 0 Å². The van der Waals surface area contributed by atoms with Crippen LogP contribution in [0, 0.1) is 0 Å². The normalized spacial score (nSPS) is 10.1. The lowest BCUT2D eigenvalue weighted by Gasteiger charge is -2.10. The summed E-state index contributed by atoms with van der Waals surface area (Å²) in [5, 5.41) is 9.07. The van der Waals surface area contributed by atoms with Gasteiger partial charge in [0.05, 0.1) is 12.2 Å². The van der Waals surface area contributed by atoms with Crippen LogP contribution in [0.5, 0.6) is 0 Å². The number of aromatic nitrogens is 2. The number of benzene rings is 2. The zero-order valence-electron chi connectivity index (χ0n) is 16.1. The molecule has 3 N–H and O–H groups in total. The summed E-state index contributed by atoms with van der Waals surface area (Å²) in [6.45, 7) is 3.57. The van der Waals surface area contributed by atoms with Gasteiger partial charge in [-0.25, -0.2) is 14.8 Å². The molecule has 8 heteroatoms. The van der Waals surface area contributed by atoms with Crippen molar-refractivity contribution in [2.24, 2.45) is 0 Å². The molecule has 29 heavy (non-hydrogen) atoms. The predicted octanol–water partition coefficient (Wildman–Crippen LogP) is 4.10. The summed E-state index contributed by atoms with van der Waals surface area (Å²) in [5.41, 5.74) is 2.81. The van der Waals surface area contributed by atoms with E-state index in [0.29, 0.717) is 23.8 Å². The number of carbonyl (C=O) groups is 2. The highest BCUT2D eigenvalue weighted by Gasteiger charge is 2.06. The molecule has 0 aliphatic heterocycles. The molecule has 0 unspecified atom stereocenters. The van der Waals surface area contributed by atoms with Gasteiger partial charge in [0.15, 0.2) is 0 Å². The van der Waals surface area contributed by atoms with E-state index in [-0.39, 0.29) is 11.9 Å². The minimum absolute atomic E-state index is 0.118. The first-order valence-electron chi connectivity index (χ1n) is 9.04. The zero-order chi connectivity index (χ0) is 20.6. The van der Waals surface area contributed by atoms with Crippen molar-refractivity contribution in [2.45, 2.75) is 13.8 Å². The molecule has 148 valence electrons. The van der Waals surface area contributed by atoms with Crippen molar-refractivity contribution < 1.29 is 14.3 Å². The van der Waals surface area contributed by atoms with Crippen LogP contribution in [0.2, 0.25) is 0 Å². The second kappa shape index (κ2) is 9.32. The van der Waals surface area contributed by atoms with E-state index in [1.165, 1.54) is 13.3 Å². The van der Waals surface area contributed by atoms with Crippen molar-refractivity contribution in [2.75, 3.05) is 22.6 Å². The van der Waals surface area contributed by atoms with E-state index in [0.717, 1.165) is 17.1 Å². The van der Waals surface area contributed by atoms with Crippen LogP contribution in [0.3, 0.4) is 0 Å². The van der Waals surface area contributed by atoms with Crippen LogP contribution in [0.4, 0.5) is 28.7 Å². The van der Waals surface area contributed by atoms with Gasteiger partial charge >= 0.3 is 5.97 Å². The molecule has 0 atom stereocenters. The van der Waals surface area contributed by atoms with Crippen molar-refractivity contribution in [3.05, 3.63) is 66.5 Å². The number of nitrogens with one attached hydrogen (secondary N) is 3. The lowest BCUT2D eigenvalue weighted by molar-refractivity contribution is -0.114. The first kappa shape index (κ1) is 19.8. The summed E-state index contributed by atoms with van der Waals surface area (Å²) < 4.78 is 4.98. The Kier molecular flexibility index (Phi) is 6.36. The Balaban J connectivity index is 1.65. The molecule has 0 bridgehead atoms. The number of esters is 1. The number of nitrogens with zero attached hydrogens (tertiary/aromatic N) is 2. The van der Waals surface area contributed by atoms with Crippen LogP contribution < -0.4 is 16.0 Å². The zero-order valence-corrected chi connectivity index (χ0v) is 16.1. The molecule has 2 aromatic carbocycles. The third kappa shape index (κ3) is 5.77. The smallest absolute Gasteiger partial charge is 0.338 e. The average Bonchev–Trinajstić information content (AvgIpc) is 2.70. The van der Waals surface area contributed by atoms with Crippen LogP contribution in [0.15, 0.2) is 60.9 Å². The van der Waals surface area contributed by atoms with Gasteiger partial charge < -0.3 is 20.7 Å². The molecule has 1 heterocycles. The van der Waals surface area contributed by atoms with E-state index in [1.807, 2.05) is 12.1 Å². The number of amides is 1. The molecular weight excluding hydrogens is 370 g/mol. The highest BCUT2D eigenvalue weighted by atomic mass is 16.5. The van der Waals surface area contributed by atoms with E-state index in [2.05, 4.69) is 25.9 Å². The van der Waals surface area contributed by atoms with E-state index in [1.54, 1.807) is 49.4 Å². The molecule has 0 spiro atoms. The summed E-state index contributed by atoms with van der Waals surface area (Å²) in [5.74, 6) is 0.740. The van der Waals surface area contributed by atoms with Gasteiger partial charge in [0.2, 0.25) is 5.91 Å². The maximum absolute atomic E-state index is 11.7. The summed E-state index contributed by atoms with van der Waals surface area (Å²) in [6.07, 6.45) is 1.45. The fourth-order valence-electron chi connectivity index (χ4n) is 2.53. The second-order valence-electron chi connectivity index (χ2n) is 6.09. The molecule has 8 nitrogen and oxygen atoms in total. The third-order valence-corrected chi connectivity index (χ3v) is 3.81. The number of anilines is 5. The van der Waals surface area contributed by atoms with Gasteiger partial charge in [0, 0.05) is 30.1 Å². The standard InChI is InChI=1S/C21H21N5O3/c1-3-29-21(28)15-4-6-17(7-5-15)25-19-12-20(23-13-22-19)26-18-10-8-16(9-11-18)24-14(2)27/h4-13H,3H2,1-2H3,(H,24,27)(H2,22,23,25,26). The fourth-order valence-corrected chi connectivity index (χ4v) is 2.53. The Hall–Kier alpha value is -3.94. The van der Waals surface area contributed by atoms with Crippen LogP contribution in [-0.4, -0.2) is 28.5 Å². The quantitative estimate of drug-likeness (QED) is 0.521. The third-order valence-electron chi connectivity index (χ3n) is 3.81. The maximum Gasteiger partial charge on any atom is 0.338 e. The van der Waals surface area contributed by atoms with Crippen LogP contribution >= 0.6 is 0 Å². The van der Waals surface area contributed by atoms with Gasteiger partial charge in [-0.3, -0.25) is 4.79 Å². The van der Waals surface area contributed by atoms with Gasteiger partial charge in [0.1, 0.15) is 18.0 Å². The van der Waals surface area contributed by atoms with Crippen LogP contribution in [0.25, 0.3) is 0 Å². The summed E-state index contributed by atoms with van der Waals surface area (Å²) in [7, 11) is 0. The van der Waals surface area contributed by atoms with Gasteiger partial charge in [0.25, 0.3) is 0 Å². The van der Waals surface area contributed by atoms with Crippen LogP contribution in [-0.2, 0) is 9.53 Å². The minimum Gasteiger partial charge on any atom is -0.462 e. The van der Waals surface area contributed by atoms with Gasteiger partial charge in [-0.15, -0.1) is 0 Å². The number of hydrogen-bond acceptors (Lipinski definition) is 7. The lowest BCUT2D eigenvalue weighted by atomic mass is 10.2.